The molecule has 0 bridgehead atoms. The number of ether oxygens (including phenoxy) is 2. The number of rotatable bonds is 7. The number of carbonyl (C=O) groups excluding carboxylic acids is 1. The summed E-state index contributed by atoms with van der Waals surface area (Å²) >= 11 is 0. The molecule has 1 N–H and O–H groups in total. The first-order valence-corrected chi connectivity index (χ1v) is 8.98. The van der Waals surface area contributed by atoms with Crippen LogP contribution in [0.2, 0.25) is 0 Å². The Morgan fingerprint density at radius 3 is 2.88 bits per heavy atom. The third-order valence-electron chi connectivity index (χ3n) is 4.82. The van der Waals surface area contributed by atoms with Crippen molar-refractivity contribution in [1.29, 1.82) is 0 Å². The molecule has 5 nitrogen and oxygen atoms in total. The second-order valence-electron chi connectivity index (χ2n) is 6.84. The maximum Gasteiger partial charge on any atom is 0.256 e. The van der Waals surface area contributed by atoms with Gasteiger partial charge >= 0.3 is 0 Å². The van der Waals surface area contributed by atoms with E-state index in [1.165, 1.54) is 0 Å². The van der Waals surface area contributed by atoms with E-state index in [1.807, 2.05) is 13.0 Å². The molecule has 1 aromatic heterocycles. The highest BCUT2D eigenvalue weighted by Gasteiger charge is 2.42. The summed E-state index contributed by atoms with van der Waals surface area (Å²) in [5.74, 6) is 1.03. The first-order chi connectivity index (χ1) is 11.5. The van der Waals surface area contributed by atoms with Gasteiger partial charge < -0.3 is 14.8 Å². The lowest BCUT2D eigenvalue weighted by atomic mass is 9.78. The molecule has 24 heavy (non-hydrogen) atoms. The van der Waals surface area contributed by atoms with E-state index in [0.717, 1.165) is 49.9 Å². The summed E-state index contributed by atoms with van der Waals surface area (Å²) in [6.45, 7) is 6.85. The number of pyridine rings is 1. The molecule has 0 radical (unpaired) electrons. The number of aromatic nitrogens is 1. The summed E-state index contributed by atoms with van der Waals surface area (Å²) in [5.41, 5.74) is 0.755. The van der Waals surface area contributed by atoms with Crippen LogP contribution in [-0.4, -0.2) is 30.2 Å². The molecular weight excluding hydrogens is 304 g/mol. The molecule has 1 aliphatic rings. The smallest absolute Gasteiger partial charge is 0.256 e. The SMILES string of the molecule is CCCCOc1ccc(NC(=O)[C@@]2(OC)CCC[C@H](C)C2)c(C)n1. The van der Waals surface area contributed by atoms with Crippen molar-refractivity contribution in [3.63, 3.8) is 0 Å². The summed E-state index contributed by atoms with van der Waals surface area (Å²) in [6, 6.07) is 3.67. The number of hydrogen-bond donors (Lipinski definition) is 1. The Kier molecular flexibility index (Phi) is 6.60. The van der Waals surface area contributed by atoms with E-state index in [4.69, 9.17) is 9.47 Å². The van der Waals surface area contributed by atoms with Gasteiger partial charge in [0.25, 0.3) is 5.91 Å². The Morgan fingerprint density at radius 2 is 2.25 bits per heavy atom. The molecule has 1 aromatic rings. The number of carbonyl (C=O) groups is 1. The quantitative estimate of drug-likeness (QED) is 0.763. The summed E-state index contributed by atoms with van der Waals surface area (Å²) in [5, 5.41) is 3.00. The zero-order valence-corrected chi connectivity index (χ0v) is 15.4. The molecule has 2 atom stereocenters. The number of amides is 1. The maximum absolute atomic E-state index is 12.8. The van der Waals surface area contributed by atoms with Gasteiger partial charge in [0.2, 0.25) is 5.88 Å². The van der Waals surface area contributed by atoms with Gasteiger partial charge in [-0.1, -0.05) is 26.7 Å². The molecule has 1 heterocycles. The molecule has 0 aromatic carbocycles. The van der Waals surface area contributed by atoms with E-state index < -0.39 is 5.60 Å². The highest BCUT2D eigenvalue weighted by atomic mass is 16.5. The van der Waals surface area contributed by atoms with Crippen LogP contribution in [0.5, 0.6) is 5.88 Å². The molecule has 1 fully saturated rings. The molecule has 1 aliphatic carbocycles. The fraction of sp³-hybridized carbons (Fsp3) is 0.684. The maximum atomic E-state index is 12.8. The van der Waals surface area contributed by atoms with Gasteiger partial charge in [0.15, 0.2) is 0 Å². The minimum Gasteiger partial charge on any atom is -0.478 e. The highest BCUT2D eigenvalue weighted by Crippen LogP contribution is 2.36. The fourth-order valence-electron chi connectivity index (χ4n) is 3.30. The van der Waals surface area contributed by atoms with E-state index in [9.17, 15) is 4.79 Å². The van der Waals surface area contributed by atoms with E-state index in [-0.39, 0.29) is 5.91 Å². The number of nitrogens with one attached hydrogen (secondary N) is 1. The number of aryl methyl sites for hydroxylation is 1. The lowest BCUT2D eigenvalue weighted by Gasteiger charge is -2.37. The van der Waals surface area contributed by atoms with Crippen LogP contribution in [0.1, 0.15) is 58.1 Å². The summed E-state index contributed by atoms with van der Waals surface area (Å²) in [4.78, 5) is 17.2. The van der Waals surface area contributed by atoms with Crippen molar-refractivity contribution in [1.82, 2.24) is 4.98 Å². The van der Waals surface area contributed by atoms with Crippen LogP contribution in [0.4, 0.5) is 5.69 Å². The minimum absolute atomic E-state index is 0.0684. The van der Waals surface area contributed by atoms with Crippen molar-refractivity contribution in [2.75, 3.05) is 19.0 Å². The van der Waals surface area contributed by atoms with Gasteiger partial charge in [-0.05, 0) is 44.6 Å². The number of unbranched alkanes of at least 4 members (excludes halogenated alkanes) is 1. The fourth-order valence-corrected chi connectivity index (χ4v) is 3.30. The zero-order valence-electron chi connectivity index (χ0n) is 15.4. The van der Waals surface area contributed by atoms with Gasteiger partial charge in [-0.25, -0.2) is 4.98 Å². The van der Waals surface area contributed by atoms with Crippen LogP contribution in [0, 0.1) is 12.8 Å². The Morgan fingerprint density at radius 1 is 1.46 bits per heavy atom. The Balaban J connectivity index is 2.05. The van der Waals surface area contributed by atoms with Crippen LogP contribution in [0.25, 0.3) is 0 Å². The summed E-state index contributed by atoms with van der Waals surface area (Å²) in [7, 11) is 1.63. The minimum atomic E-state index is -0.722. The largest absolute Gasteiger partial charge is 0.478 e. The van der Waals surface area contributed by atoms with Crippen LogP contribution < -0.4 is 10.1 Å². The van der Waals surface area contributed by atoms with E-state index in [1.54, 1.807) is 13.2 Å². The molecule has 2 rings (SSSR count). The van der Waals surface area contributed by atoms with Crippen molar-refractivity contribution < 1.29 is 14.3 Å². The second-order valence-corrected chi connectivity index (χ2v) is 6.84. The van der Waals surface area contributed by atoms with E-state index >= 15 is 0 Å². The molecule has 1 saturated carbocycles. The van der Waals surface area contributed by atoms with Gasteiger partial charge in [0.1, 0.15) is 5.60 Å². The highest BCUT2D eigenvalue weighted by molar-refractivity contribution is 5.97. The zero-order chi connectivity index (χ0) is 17.6. The van der Waals surface area contributed by atoms with Crippen molar-refractivity contribution in [3.8, 4) is 5.88 Å². The van der Waals surface area contributed by atoms with Gasteiger partial charge in [0, 0.05) is 13.2 Å². The predicted molar refractivity (Wildman–Crippen MR) is 95.4 cm³/mol. The molecular formula is C19H30N2O3. The first-order valence-electron chi connectivity index (χ1n) is 8.98. The first kappa shape index (κ1) is 18.7. The number of hydrogen-bond acceptors (Lipinski definition) is 4. The Hall–Kier alpha value is -1.62. The van der Waals surface area contributed by atoms with Crippen LogP contribution in [-0.2, 0) is 9.53 Å². The van der Waals surface area contributed by atoms with Crippen LogP contribution in [0.3, 0.4) is 0 Å². The molecule has 5 heteroatoms. The van der Waals surface area contributed by atoms with E-state index in [0.29, 0.717) is 18.4 Å². The van der Waals surface area contributed by atoms with Crippen molar-refractivity contribution in [2.24, 2.45) is 5.92 Å². The molecule has 0 spiro atoms. The summed E-state index contributed by atoms with van der Waals surface area (Å²) < 4.78 is 11.3. The average molecular weight is 334 g/mol. The molecule has 0 aliphatic heterocycles. The average Bonchev–Trinajstić information content (AvgIpc) is 2.57. The second kappa shape index (κ2) is 8.47. The van der Waals surface area contributed by atoms with Crippen LogP contribution in [0.15, 0.2) is 12.1 Å². The van der Waals surface area contributed by atoms with E-state index in [2.05, 4.69) is 24.1 Å². The lowest BCUT2D eigenvalue weighted by molar-refractivity contribution is -0.143. The lowest BCUT2D eigenvalue weighted by Crippen LogP contribution is -2.48. The standard InChI is InChI=1S/C19H30N2O3/c1-5-6-12-24-17-10-9-16(15(3)20-17)21-18(22)19(23-4)11-7-8-14(2)13-19/h9-10,14H,5-8,11-13H2,1-4H3,(H,21,22)/t14-,19+/m0/s1. The Bertz CT molecular complexity index is 562. The Labute approximate surface area is 145 Å². The van der Waals surface area contributed by atoms with Gasteiger partial charge in [0.05, 0.1) is 18.0 Å². The van der Waals surface area contributed by atoms with Crippen molar-refractivity contribution in [2.45, 2.75) is 64.9 Å². The molecule has 0 unspecified atom stereocenters. The molecule has 1 amide bonds. The predicted octanol–water partition coefficient (Wildman–Crippen LogP) is 4.10. The van der Waals surface area contributed by atoms with Gasteiger partial charge in [-0.2, -0.15) is 0 Å². The van der Waals surface area contributed by atoms with Crippen molar-refractivity contribution >= 4 is 11.6 Å². The van der Waals surface area contributed by atoms with Gasteiger partial charge in [-0.15, -0.1) is 0 Å². The molecule has 0 saturated heterocycles. The topological polar surface area (TPSA) is 60.5 Å². The van der Waals surface area contributed by atoms with Crippen molar-refractivity contribution in [3.05, 3.63) is 17.8 Å². The number of methoxy groups -OCH3 is 1. The third kappa shape index (κ3) is 4.47. The van der Waals surface area contributed by atoms with Gasteiger partial charge in [-0.3, -0.25) is 4.79 Å². The monoisotopic (exact) mass is 334 g/mol. The molecule has 134 valence electrons. The number of nitrogens with zero attached hydrogens (tertiary/aromatic N) is 1. The normalized spacial score (nSPS) is 23.8. The summed E-state index contributed by atoms with van der Waals surface area (Å²) in [6.07, 6.45) is 5.80. The third-order valence-corrected chi connectivity index (χ3v) is 4.82. The van der Waals surface area contributed by atoms with Crippen LogP contribution >= 0.6 is 0 Å². The number of anilines is 1.